The molecule has 6 nitrogen and oxygen atoms in total. The van der Waals surface area contributed by atoms with Gasteiger partial charge in [0.05, 0.1) is 26.4 Å². The molecule has 0 bridgehead atoms. The second-order valence-corrected chi connectivity index (χ2v) is 4.76. The van der Waals surface area contributed by atoms with Crippen molar-refractivity contribution in [1.29, 1.82) is 0 Å². The molecule has 1 aliphatic rings. The first kappa shape index (κ1) is 14.6. The number of carbonyl (C=O) groups is 1. The molecule has 2 rings (SSSR count). The van der Waals surface area contributed by atoms with E-state index in [0.29, 0.717) is 31.0 Å². The largest absolute Gasteiger partial charge is 0.493 e. The fraction of sp³-hybridized carbons (Fsp3) is 0.500. The Balaban J connectivity index is 1.92. The predicted octanol–water partition coefficient (Wildman–Crippen LogP) is 0.0428. The van der Waals surface area contributed by atoms with Crippen LogP contribution in [0.15, 0.2) is 18.2 Å². The normalized spacial score (nSPS) is 21.6. The van der Waals surface area contributed by atoms with Gasteiger partial charge >= 0.3 is 0 Å². The Labute approximate surface area is 118 Å². The Morgan fingerprint density at radius 3 is 2.75 bits per heavy atom. The zero-order valence-electron chi connectivity index (χ0n) is 11.7. The maximum Gasteiger partial charge on any atom is 0.237 e. The number of β-amino-alcohol motifs (C(OH)–C–C–N with tert-alkyl or cyclic N) is 1. The third kappa shape index (κ3) is 3.40. The SMILES string of the molecule is COc1ccc(CNC(=O)[C@@H]2C[C@@H](O)CN2)cc1OC. The maximum absolute atomic E-state index is 11.9. The molecule has 3 N–H and O–H groups in total. The fourth-order valence-electron chi connectivity index (χ4n) is 2.22. The Morgan fingerprint density at radius 1 is 1.40 bits per heavy atom. The van der Waals surface area contributed by atoms with Crippen LogP contribution in [0.5, 0.6) is 11.5 Å². The highest BCUT2D eigenvalue weighted by molar-refractivity contribution is 5.82. The molecule has 6 heteroatoms. The summed E-state index contributed by atoms with van der Waals surface area (Å²) in [5.41, 5.74) is 0.926. The Morgan fingerprint density at radius 2 is 2.15 bits per heavy atom. The lowest BCUT2D eigenvalue weighted by atomic mass is 10.1. The van der Waals surface area contributed by atoms with E-state index in [-0.39, 0.29) is 11.9 Å². The van der Waals surface area contributed by atoms with Crippen molar-refractivity contribution < 1.29 is 19.4 Å². The number of hydrogen-bond acceptors (Lipinski definition) is 5. The van der Waals surface area contributed by atoms with Gasteiger partial charge in [0.2, 0.25) is 5.91 Å². The molecule has 110 valence electrons. The first-order chi connectivity index (χ1) is 9.63. The van der Waals surface area contributed by atoms with Crippen molar-refractivity contribution in [3.63, 3.8) is 0 Å². The summed E-state index contributed by atoms with van der Waals surface area (Å²) in [5.74, 6) is 1.19. The van der Waals surface area contributed by atoms with Crippen molar-refractivity contribution in [2.75, 3.05) is 20.8 Å². The molecule has 1 aromatic carbocycles. The molecule has 0 unspecified atom stereocenters. The van der Waals surface area contributed by atoms with Gasteiger partial charge in [-0.25, -0.2) is 0 Å². The fourth-order valence-corrected chi connectivity index (χ4v) is 2.22. The summed E-state index contributed by atoms with van der Waals surface area (Å²) in [5, 5.41) is 15.2. The number of rotatable bonds is 5. The summed E-state index contributed by atoms with van der Waals surface area (Å²) in [6.45, 7) is 0.877. The van der Waals surface area contributed by atoms with Gasteiger partial charge in [0.15, 0.2) is 11.5 Å². The van der Waals surface area contributed by atoms with Gasteiger partial charge in [-0.1, -0.05) is 6.07 Å². The van der Waals surface area contributed by atoms with Crippen LogP contribution in [0.25, 0.3) is 0 Å². The molecule has 0 saturated carbocycles. The lowest BCUT2D eigenvalue weighted by molar-refractivity contribution is -0.123. The van der Waals surface area contributed by atoms with E-state index in [4.69, 9.17) is 9.47 Å². The first-order valence-electron chi connectivity index (χ1n) is 6.54. The summed E-state index contributed by atoms with van der Waals surface area (Å²) in [6.07, 6.45) is 0.0180. The van der Waals surface area contributed by atoms with Crippen molar-refractivity contribution in [2.24, 2.45) is 0 Å². The number of hydrogen-bond donors (Lipinski definition) is 3. The van der Waals surface area contributed by atoms with E-state index < -0.39 is 6.10 Å². The van der Waals surface area contributed by atoms with Crippen LogP contribution >= 0.6 is 0 Å². The molecule has 1 heterocycles. The molecule has 2 atom stereocenters. The standard InChI is InChI=1S/C14H20N2O4/c1-19-12-4-3-9(5-13(12)20-2)7-16-14(18)11-6-10(17)8-15-11/h3-5,10-11,15,17H,6-8H2,1-2H3,(H,16,18)/t10-,11+/m1/s1. The molecule has 1 aliphatic heterocycles. The molecular formula is C14H20N2O4. The number of aliphatic hydroxyl groups excluding tert-OH is 1. The summed E-state index contributed by atoms with van der Waals surface area (Å²) >= 11 is 0. The monoisotopic (exact) mass is 280 g/mol. The maximum atomic E-state index is 11.9. The highest BCUT2D eigenvalue weighted by Crippen LogP contribution is 2.27. The third-order valence-electron chi connectivity index (χ3n) is 3.34. The van der Waals surface area contributed by atoms with E-state index in [2.05, 4.69) is 10.6 Å². The number of nitrogens with one attached hydrogen (secondary N) is 2. The quantitative estimate of drug-likeness (QED) is 0.710. The second kappa shape index (κ2) is 6.58. The third-order valence-corrected chi connectivity index (χ3v) is 3.34. The molecule has 0 spiro atoms. The molecule has 0 radical (unpaired) electrons. The van der Waals surface area contributed by atoms with E-state index in [9.17, 15) is 9.90 Å². The highest BCUT2D eigenvalue weighted by Gasteiger charge is 2.27. The number of methoxy groups -OCH3 is 2. The average Bonchev–Trinajstić information content (AvgIpc) is 2.91. The minimum Gasteiger partial charge on any atom is -0.493 e. The molecule has 1 fully saturated rings. The van der Waals surface area contributed by atoms with E-state index in [0.717, 1.165) is 5.56 Å². The van der Waals surface area contributed by atoms with Crippen LogP contribution < -0.4 is 20.1 Å². The molecule has 0 aliphatic carbocycles. The van der Waals surface area contributed by atoms with E-state index in [1.54, 1.807) is 20.3 Å². The summed E-state index contributed by atoms with van der Waals surface area (Å²) < 4.78 is 10.4. The van der Waals surface area contributed by atoms with Gasteiger partial charge in [-0.15, -0.1) is 0 Å². The smallest absolute Gasteiger partial charge is 0.237 e. The predicted molar refractivity (Wildman–Crippen MR) is 73.8 cm³/mol. The molecule has 1 aromatic rings. The lowest BCUT2D eigenvalue weighted by Crippen LogP contribution is -2.39. The van der Waals surface area contributed by atoms with Gasteiger partial charge in [-0.2, -0.15) is 0 Å². The zero-order valence-corrected chi connectivity index (χ0v) is 11.7. The number of carbonyl (C=O) groups excluding carboxylic acids is 1. The Bertz CT molecular complexity index is 478. The van der Waals surface area contributed by atoms with Crippen molar-refractivity contribution in [1.82, 2.24) is 10.6 Å². The molecule has 20 heavy (non-hydrogen) atoms. The van der Waals surface area contributed by atoms with Crippen LogP contribution in [0.3, 0.4) is 0 Å². The van der Waals surface area contributed by atoms with Gasteiger partial charge < -0.3 is 25.2 Å². The Kier molecular flexibility index (Phi) is 4.81. The Hall–Kier alpha value is -1.79. The minimum atomic E-state index is -0.438. The van der Waals surface area contributed by atoms with Gasteiger partial charge in [-0.3, -0.25) is 4.79 Å². The van der Waals surface area contributed by atoms with Crippen LogP contribution in [0, 0.1) is 0 Å². The zero-order chi connectivity index (χ0) is 14.5. The highest BCUT2D eigenvalue weighted by atomic mass is 16.5. The molecule has 1 amide bonds. The molecule has 1 saturated heterocycles. The van der Waals surface area contributed by atoms with Gasteiger partial charge in [0.25, 0.3) is 0 Å². The summed E-state index contributed by atoms with van der Waals surface area (Å²) in [6, 6.07) is 5.19. The number of ether oxygens (including phenoxy) is 2. The van der Waals surface area contributed by atoms with Crippen LogP contribution in [0.4, 0.5) is 0 Å². The van der Waals surface area contributed by atoms with Gasteiger partial charge in [0.1, 0.15) is 0 Å². The van der Waals surface area contributed by atoms with E-state index in [1.165, 1.54) is 0 Å². The number of benzene rings is 1. The van der Waals surface area contributed by atoms with Crippen molar-refractivity contribution in [3.05, 3.63) is 23.8 Å². The van der Waals surface area contributed by atoms with Gasteiger partial charge in [-0.05, 0) is 24.1 Å². The number of amides is 1. The van der Waals surface area contributed by atoms with E-state index >= 15 is 0 Å². The van der Waals surface area contributed by atoms with Crippen LogP contribution in [-0.2, 0) is 11.3 Å². The summed E-state index contributed by atoms with van der Waals surface area (Å²) in [7, 11) is 3.15. The van der Waals surface area contributed by atoms with Crippen LogP contribution in [0.1, 0.15) is 12.0 Å². The van der Waals surface area contributed by atoms with Crippen molar-refractivity contribution >= 4 is 5.91 Å². The second-order valence-electron chi connectivity index (χ2n) is 4.76. The molecule has 0 aromatic heterocycles. The van der Waals surface area contributed by atoms with E-state index in [1.807, 2.05) is 12.1 Å². The minimum absolute atomic E-state index is 0.101. The van der Waals surface area contributed by atoms with Crippen LogP contribution in [-0.4, -0.2) is 43.9 Å². The topological polar surface area (TPSA) is 79.8 Å². The average molecular weight is 280 g/mol. The number of aliphatic hydroxyl groups is 1. The first-order valence-corrected chi connectivity index (χ1v) is 6.54. The van der Waals surface area contributed by atoms with Crippen molar-refractivity contribution in [3.8, 4) is 11.5 Å². The lowest BCUT2D eigenvalue weighted by Gasteiger charge is -2.13. The summed E-state index contributed by atoms with van der Waals surface area (Å²) in [4.78, 5) is 11.9. The van der Waals surface area contributed by atoms with Gasteiger partial charge in [0, 0.05) is 13.1 Å². The van der Waals surface area contributed by atoms with Crippen molar-refractivity contribution in [2.45, 2.75) is 25.1 Å². The van der Waals surface area contributed by atoms with Crippen LogP contribution in [0.2, 0.25) is 0 Å². The molecular weight excluding hydrogens is 260 g/mol.